The number of aromatic nitrogens is 1. The highest BCUT2D eigenvalue weighted by molar-refractivity contribution is 7.15. The summed E-state index contributed by atoms with van der Waals surface area (Å²) >= 11 is 7.78. The van der Waals surface area contributed by atoms with Crippen LogP contribution in [-0.4, -0.2) is 11.0 Å². The second-order valence-electron chi connectivity index (χ2n) is 5.63. The molecule has 0 saturated carbocycles. The molecular weight excluding hydrogens is 354 g/mol. The van der Waals surface area contributed by atoms with Gasteiger partial charge in [-0.05, 0) is 31.5 Å². The van der Waals surface area contributed by atoms with Crippen LogP contribution in [0.4, 0.5) is 10.5 Å². The molecule has 0 radical (unpaired) electrons. The molecule has 6 heteroatoms. The minimum atomic E-state index is -0.235. The molecule has 3 aromatic rings. The van der Waals surface area contributed by atoms with Crippen molar-refractivity contribution in [1.82, 2.24) is 10.3 Å². The first-order valence-corrected chi connectivity index (χ1v) is 9.05. The fraction of sp³-hybridized carbons (Fsp3) is 0.158. The number of carbonyl (C=O) groups is 1. The fourth-order valence-electron chi connectivity index (χ4n) is 2.38. The summed E-state index contributed by atoms with van der Waals surface area (Å²) in [4.78, 5) is 17.7. The van der Waals surface area contributed by atoms with Gasteiger partial charge in [0.1, 0.15) is 5.01 Å². The number of carbonyl (C=O) groups excluding carboxylic acids is 1. The highest BCUT2D eigenvalue weighted by Gasteiger charge is 2.13. The molecule has 0 aliphatic carbocycles. The van der Waals surface area contributed by atoms with Gasteiger partial charge in [0.15, 0.2) is 0 Å². The number of aryl methyl sites for hydroxylation is 2. The Morgan fingerprint density at radius 1 is 1.12 bits per heavy atom. The third-order valence-electron chi connectivity index (χ3n) is 3.80. The van der Waals surface area contributed by atoms with Crippen LogP contribution in [0.15, 0.2) is 48.5 Å². The van der Waals surface area contributed by atoms with E-state index in [1.165, 1.54) is 0 Å². The molecule has 25 heavy (non-hydrogen) atoms. The van der Waals surface area contributed by atoms with Crippen LogP contribution in [0, 0.1) is 13.8 Å². The summed E-state index contributed by atoms with van der Waals surface area (Å²) in [6.45, 7) is 4.32. The molecule has 0 aliphatic heterocycles. The monoisotopic (exact) mass is 371 g/mol. The van der Waals surface area contributed by atoms with E-state index in [-0.39, 0.29) is 6.03 Å². The van der Waals surface area contributed by atoms with Crippen LogP contribution in [0.1, 0.15) is 16.1 Å². The zero-order valence-electron chi connectivity index (χ0n) is 14.0. The van der Waals surface area contributed by atoms with Crippen molar-refractivity contribution in [2.24, 2.45) is 0 Å². The Kier molecular flexibility index (Phi) is 5.36. The van der Waals surface area contributed by atoms with Crippen LogP contribution in [0.5, 0.6) is 0 Å². The van der Waals surface area contributed by atoms with Crippen molar-refractivity contribution in [2.45, 2.75) is 20.4 Å². The summed E-state index contributed by atoms with van der Waals surface area (Å²) in [7, 11) is 0. The third-order valence-corrected chi connectivity index (χ3v) is 5.32. The maximum Gasteiger partial charge on any atom is 0.319 e. The zero-order chi connectivity index (χ0) is 17.8. The van der Waals surface area contributed by atoms with E-state index in [4.69, 9.17) is 11.6 Å². The maximum absolute atomic E-state index is 12.1. The lowest BCUT2D eigenvalue weighted by Crippen LogP contribution is -2.28. The number of nitrogens with one attached hydrogen (secondary N) is 2. The summed E-state index contributed by atoms with van der Waals surface area (Å²) in [5.41, 5.74) is 3.63. The van der Waals surface area contributed by atoms with E-state index in [1.807, 2.05) is 62.4 Å². The summed E-state index contributed by atoms with van der Waals surface area (Å²) in [6, 6.07) is 15.1. The van der Waals surface area contributed by atoms with Gasteiger partial charge in [0.2, 0.25) is 0 Å². The molecule has 2 aromatic carbocycles. The van der Waals surface area contributed by atoms with Crippen molar-refractivity contribution >= 4 is 34.7 Å². The van der Waals surface area contributed by atoms with Gasteiger partial charge >= 0.3 is 6.03 Å². The predicted octanol–water partition coefficient (Wildman–Crippen LogP) is 5.40. The molecule has 2 amide bonds. The van der Waals surface area contributed by atoms with E-state index in [1.54, 1.807) is 11.3 Å². The van der Waals surface area contributed by atoms with Gasteiger partial charge in [0.25, 0.3) is 0 Å². The lowest BCUT2D eigenvalue weighted by molar-refractivity contribution is 0.252. The van der Waals surface area contributed by atoms with E-state index >= 15 is 0 Å². The van der Waals surface area contributed by atoms with Crippen LogP contribution >= 0.6 is 22.9 Å². The number of hydrogen-bond acceptors (Lipinski definition) is 3. The molecule has 4 nitrogen and oxygen atoms in total. The number of anilines is 1. The number of amides is 2. The molecule has 1 aromatic heterocycles. The molecular formula is C19H18ClN3OS. The SMILES string of the molecule is Cc1ccccc1NC(=O)NCc1sc(-c2ccccc2Cl)nc1C. The average molecular weight is 372 g/mol. The largest absolute Gasteiger partial charge is 0.333 e. The first-order chi connectivity index (χ1) is 12.0. The summed E-state index contributed by atoms with van der Waals surface area (Å²) in [5.74, 6) is 0. The van der Waals surface area contributed by atoms with Crippen LogP contribution in [0.3, 0.4) is 0 Å². The van der Waals surface area contributed by atoms with Crippen molar-refractivity contribution in [3.8, 4) is 10.6 Å². The van der Waals surface area contributed by atoms with Crippen LogP contribution in [0.2, 0.25) is 5.02 Å². The molecule has 3 rings (SSSR count). The molecule has 128 valence electrons. The van der Waals surface area contributed by atoms with Crippen molar-refractivity contribution < 1.29 is 4.79 Å². The molecule has 0 aliphatic rings. The van der Waals surface area contributed by atoms with Gasteiger partial charge in [-0.1, -0.05) is 48.0 Å². The molecule has 0 atom stereocenters. The molecule has 0 spiro atoms. The molecule has 0 fully saturated rings. The van der Waals surface area contributed by atoms with Crippen molar-refractivity contribution in [2.75, 3.05) is 5.32 Å². The smallest absolute Gasteiger partial charge is 0.319 e. The molecule has 0 saturated heterocycles. The van der Waals surface area contributed by atoms with Gasteiger partial charge in [0.05, 0.1) is 17.3 Å². The first-order valence-electron chi connectivity index (χ1n) is 7.86. The normalized spacial score (nSPS) is 10.5. The fourth-order valence-corrected chi connectivity index (χ4v) is 3.70. The molecule has 0 bridgehead atoms. The Hall–Kier alpha value is -2.37. The number of rotatable bonds is 4. The van der Waals surface area contributed by atoms with E-state index in [0.717, 1.165) is 32.4 Å². The van der Waals surface area contributed by atoms with Gasteiger partial charge in [-0.25, -0.2) is 9.78 Å². The van der Waals surface area contributed by atoms with Crippen molar-refractivity contribution in [3.05, 3.63) is 69.7 Å². The number of urea groups is 1. The zero-order valence-corrected chi connectivity index (χ0v) is 15.5. The number of thiazole rings is 1. The average Bonchev–Trinajstić information content (AvgIpc) is 2.96. The highest BCUT2D eigenvalue weighted by Crippen LogP contribution is 2.32. The number of para-hydroxylation sites is 1. The van der Waals surface area contributed by atoms with Crippen LogP contribution < -0.4 is 10.6 Å². The highest BCUT2D eigenvalue weighted by atomic mass is 35.5. The predicted molar refractivity (Wildman–Crippen MR) is 104 cm³/mol. The minimum absolute atomic E-state index is 0.235. The van der Waals surface area contributed by atoms with Gasteiger partial charge in [0, 0.05) is 16.1 Å². The Balaban J connectivity index is 1.67. The number of hydrogen-bond donors (Lipinski definition) is 2. The van der Waals surface area contributed by atoms with E-state index in [0.29, 0.717) is 11.6 Å². The van der Waals surface area contributed by atoms with Crippen LogP contribution in [0.25, 0.3) is 10.6 Å². The third kappa shape index (κ3) is 4.18. The van der Waals surface area contributed by atoms with E-state index in [9.17, 15) is 4.79 Å². The Morgan fingerprint density at radius 3 is 2.60 bits per heavy atom. The summed E-state index contributed by atoms with van der Waals surface area (Å²) in [6.07, 6.45) is 0. The second-order valence-corrected chi connectivity index (χ2v) is 7.12. The Morgan fingerprint density at radius 2 is 1.84 bits per heavy atom. The number of benzene rings is 2. The minimum Gasteiger partial charge on any atom is -0.333 e. The number of halogens is 1. The summed E-state index contributed by atoms with van der Waals surface area (Å²) in [5, 5.41) is 7.28. The van der Waals surface area contributed by atoms with E-state index in [2.05, 4.69) is 15.6 Å². The Bertz CT molecular complexity index is 907. The van der Waals surface area contributed by atoms with Crippen molar-refractivity contribution in [3.63, 3.8) is 0 Å². The van der Waals surface area contributed by atoms with Crippen LogP contribution in [-0.2, 0) is 6.54 Å². The van der Waals surface area contributed by atoms with Gasteiger partial charge in [-0.3, -0.25) is 0 Å². The van der Waals surface area contributed by atoms with E-state index < -0.39 is 0 Å². The molecule has 2 N–H and O–H groups in total. The van der Waals surface area contributed by atoms with Crippen molar-refractivity contribution in [1.29, 1.82) is 0 Å². The quantitative estimate of drug-likeness (QED) is 0.644. The molecule has 0 unspecified atom stereocenters. The topological polar surface area (TPSA) is 54.0 Å². The maximum atomic E-state index is 12.1. The van der Waals surface area contributed by atoms with Gasteiger partial charge in [-0.15, -0.1) is 11.3 Å². The lowest BCUT2D eigenvalue weighted by atomic mass is 10.2. The Labute approximate surface area is 155 Å². The molecule has 1 heterocycles. The van der Waals surface area contributed by atoms with Gasteiger partial charge < -0.3 is 10.6 Å². The number of nitrogens with zero attached hydrogens (tertiary/aromatic N) is 1. The summed E-state index contributed by atoms with van der Waals surface area (Å²) < 4.78 is 0. The van der Waals surface area contributed by atoms with Gasteiger partial charge in [-0.2, -0.15) is 0 Å². The lowest BCUT2D eigenvalue weighted by Gasteiger charge is -2.09. The standard InChI is InChI=1S/C19H18ClN3OS/c1-12-7-3-6-10-16(12)23-19(24)21-11-17-13(2)22-18(25-17)14-8-4-5-9-15(14)20/h3-10H,11H2,1-2H3,(H2,21,23,24). The second kappa shape index (κ2) is 7.68. The first kappa shape index (κ1) is 17.5.